The monoisotopic (exact) mass is 206 g/mol. The van der Waals surface area contributed by atoms with E-state index in [1.807, 2.05) is 5.38 Å². The fourth-order valence-corrected chi connectivity index (χ4v) is 3.02. The summed E-state index contributed by atoms with van der Waals surface area (Å²) in [6, 6.07) is 0. The highest BCUT2D eigenvalue weighted by Gasteiger charge is 2.19. The summed E-state index contributed by atoms with van der Waals surface area (Å²) in [5, 5.41) is 2.00. The van der Waals surface area contributed by atoms with Gasteiger partial charge in [-0.2, -0.15) is 0 Å². The topological polar surface area (TPSA) is 18.5 Å². The summed E-state index contributed by atoms with van der Waals surface area (Å²) in [6.45, 7) is 1.39. The van der Waals surface area contributed by atoms with E-state index in [1.54, 1.807) is 22.7 Å². The predicted octanol–water partition coefficient (Wildman–Crippen LogP) is 2.58. The highest BCUT2D eigenvalue weighted by Crippen LogP contribution is 2.29. The molecule has 0 unspecified atom stereocenters. The molecule has 2 heterocycles. The summed E-state index contributed by atoms with van der Waals surface area (Å²) in [4.78, 5) is 1.09. The van der Waals surface area contributed by atoms with E-state index in [0.717, 1.165) is 8.01 Å². The molecule has 0 bridgehead atoms. The van der Waals surface area contributed by atoms with Gasteiger partial charge in [0.15, 0.2) is 6.29 Å². The first-order valence-corrected chi connectivity index (χ1v) is 5.28. The molecule has 0 saturated carbocycles. The lowest BCUT2D eigenvalue weighted by atomic mass is 10.6. The van der Waals surface area contributed by atoms with Crippen molar-refractivity contribution in [1.82, 2.24) is 0 Å². The molecule has 1 saturated heterocycles. The molecule has 2 nitrogen and oxygen atoms in total. The molecule has 0 radical (unpaired) electrons. The normalized spacial score (nSPS) is 19.3. The summed E-state index contributed by atoms with van der Waals surface area (Å²) in [7, 11) is 0. The zero-order valence-corrected chi connectivity index (χ0v) is 8.06. The molecule has 11 heavy (non-hydrogen) atoms. The van der Waals surface area contributed by atoms with Gasteiger partial charge in [-0.3, -0.25) is 0 Å². The minimum Gasteiger partial charge on any atom is -0.345 e. The zero-order valence-electron chi connectivity index (χ0n) is 5.61. The third-order valence-corrected chi connectivity index (χ3v) is 3.83. The van der Waals surface area contributed by atoms with Gasteiger partial charge in [0, 0.05) is 5.38 Å². The molecule has 0 spiro atoms. The van der Waals surface area contributed by atoms with Gasteiger partial charge in [0.2, 0.25) is 0 Å². The van der Waals surface area contributed by atoms with Crippen molar-refractivity contribution in [2.24, 2.45) is 0 Å². The van der Waals surface area contributed by atoms with Crippen LogP contribution in [-0.4, -0.2) is 13.2 Å². The minimum atomic E-state index is -0.145. The smallest absolute Gasteiger partial charge is 0.194 e. The molecular formula is C6H6O2S3. The van der Waals surface area contributed by atoms with E-state index < -0.39 is 0 Å². The van der Waals surface area contributed by atoms with E-state index in [2.05, 4.69) is 0 Å². The van der Waals surface area contributed by atoms with Gasteiger partial charge < -0.3 is 9.47 Å². The lowest BCUT2D eigenvalue weighted by Crippen LogP contribution is -1.93. The molecular weight excluding hydrogens is 200 g/mol. The average Bonchev–Trinajstić information content (AvgIpc) is 2.55. The van der Waals surface area contributed by atoms with Gasteiger partial charge in [-0.25, -0.2) is 0 Å². The Kier molecular flexibility index (Phi) is 2.33. The van der Waals surface area contributed by atoms with Crippen molar-refractivity contribution in [3.05, 3.63) is 13.4 Å². The van der Waals surface area contributed by atoms with Crippen LogP contribution >= 0.6 is 34.9 Å². The summed E-state index contributed by atoms with van der Waals surface area (Å²) in [6.07, 6.45) is -0.145. The van der Waals surface area contributed by atoms with Crippen molar-refractivity contribution in [1.29, 1.82) is 0 Å². The van der Waals surface area contributed by atoms with Crippen LogP contribution in [0.1, 0.15) is 11.2 Å². The van der Waals surface area contributed by atoms with Crippen molar-refractivity contribution >= 4 is 34.9 Å². The Morgan fingerprint density at radius 2 is 2.18 bits per heavy atom. The zero-order chi connectivity index (χ0) is 7.68. The first-order chi connectivity index (χ1) is 5.36. The van der Waals surface area contributed by atoms with Crippen molar-refractivity contribution in [3.63, 3.8) is 0 Å². The first kappa shape index (κ1) is 7.82. The molecule has 1 fully saturated rings. The van der Waals surface area contributed by atoms with E-state index in [-0.39, 0.29) is 6.29 Å². The maximum Gasteiger partial charge on any atom is 0.194 e. The Balaban J connectivity index is 2.21. The third kappa shape index (κ3) is 1.68. The molecule has 0 amide bonds. The molecule has 1 aromatic heterocycles. The fourth-order valence-electron chi connectivity index (χ4n) is 0.877. The van der Waals surface area contributed by atoms with Gasteiger partial charge >= 0.3 is 0 Å². The lowest BCUT2D eigenvalue weighted by Gasteiger charge is -2.03. The van der Waals surface area contributed by atoms with E-state index >= 15 is 0 Å². The maximum atomic E-state index is 5.30. The molecule has 0 atom stereocenters. The Labute approximate surface area is 77.4 Å². The van der Waals surface area contributed by atoms with Gasteiger partial charge in [0.1, 0.15) is 3.14 Å². The maximum absolute atomic E-state index is 5.30. The van der Waals surface area contributed by atoms with Gasteiger partial charge in [-0.15, -0.1) is 22.7 Å². The van der Waals surface area contributed by atoms with Gasteiger partial charge in [-0.05, 0) is 0 Å². The SMILES string of the molecule is S=c1scc(C2OCCO2)s1. The van der Waals surface area contributed by atoms with Gasteiger partial charge in [0.25, 0.3) is 0 Å². The Hall–Kier alpha value is 0.190. The number of hydrogen-bond acceptors (Lipinski definition) is 5. The number of ether oxygens (including phenoxy) is 2. The van der Waals surface area contributed by atoms with E-state index in [9.17, 15) is 0 Å². The third-order valence-electron chi connectivity index (χ3n) is 1.33. The highest BCUT2D eigenvalue weighted by atomic mass is 32.2. The summed E-state index contributed by atoms with van der Waals surface area (Å²) in [5.74, 6) is 0. The minimum absolute atomic E-state index is 0.145. The molecule has 1 aliphatic rings. The van der Waals surface area contributed by atoms with Crippen molar-refractivity contribution in [2.75, 3.05) is 13.2 Å². The summed E-state index contributed by atoms with van der Waals surface area (Å²) in [5.41, 5.74) is 0. The number of hydrogen-bond donors (Lipinski definition) is 0. The van der Waals surface area contributed by atoms with Crippen LogP contribution in [0.5, 0.6) is 0 Å². The van der Waals surface area contributed by atoms with Crippen molar-refractivity contribution in [2.45, 2.75) is 6.29 Å². The highest BCUT2D eigenvalue weighted by molar-refractivity contribution is 7.76. The molecule has 1 aliphatic heterocycles. The van der Waals surface area contributed by atoms with Gasteiger partial charge in [-0.1, -0.05) is 12.2 Å². The van der Waals surface area contributed by atoms with Gasteiger partial charge in [0.05, 0.1) is 18.1 Å². The Morgan fingerprint density at radius 1 is 1.45 bits per heavy atom. The van der Waals surface area contributed by atoms with Crippen LogP contribution < -0.4 is 0 Å². The van der Waals surface area contributed by atoms with Crippen LogP contribution in [0.4, 0.5) is 0 Å². The van der Waals surface area contributed by atoms with E-state index in [1.165, 1.54) is 0 Å². The predicted molar refractivity (Wildman–Crippen MR) is 47.7 cm³/mol. The molecule has 0 aliphatic carbocycles. The Bertz CT molecular complexity index is 284. The van der Waals surface area contributed by atoms with E-state index in [0.29, 0.717) is 13.2 Å². The van der Waals surface area contributed by atoms with Crippen LogP contribution in [0.15, 0.2) is 5.38 Å². The van der Waals surface area contributed by atoms with Crippen LogP contribution in [0.2, 0.25) is 0 Å². The van der Waals surface area contributed by atoms with Crippen LogP contribution in [0, 0.1) is 3.14 Å². The second-order valence-electron chi connectivity index (χ2n) is 2.06. The van der Waals surface area contributed by atoms with Crippen molar-refractivity contribution in [3.8, 4) is 0 Å². The fraction of sp³-hybridized carbons (Fsp3) is 0.500. The largest absolute Gasteiger partial charge is 0.345 e. The van der Waals surface area contributed by atoms with Crippen LogP contribution in [-0.2, 0) is 9.47 Å². The lowest BCUT2D eigenvalue weighted by molar-refractivity contribution is -0.0412. The molecule has 0 aromatic carbocycles. The second kappa shape index (κ2) is 3.28. The molecule has 60 valence electrons. The number of rotatable bonds is 1. The summed E-state index contributed by atoms with van der Waals surface area (Å²) >= 11 is 8.13. The molecule has 0 N–H and O–H groups in total. The van der Waals surface area contributed by atoms with E-state index in [4.69, 9.17) is 21.7 Å². The Morgan fingerprint density at radius 3 is 2.73 bits per heavy atom. The van der Waals surface area contributed by atoms with Crippen LogP contribution in [0.25, 0.3) is 0 Å². The molecule has 5 heteroatoms. The standard InChI is InChI=1S/C6H6O2S3/c9-6-10-3-4(11-6)5-7-1-2-8-5/h3,5H,1-2H2. The van der Waals surface area contributed by atoms with Crippen LogP contribution in [0.3, 0.4) is 0 Å². The van der Waals surface area contributed by atoms with Crippen molar-refractivity contribution < 1.29 is 9.47 Å². The second-order valence-corrected chi connectivity index (χ2v) is 5.21. The summed E-state index contributed by atoms with van der Waals surface area (Å²) < 4.78 is 11.5. The molecule has 2 rings (SSSR count). The quantitative estimate of drug-likeness (QED) is 0.658. The average molecular weight is 206 g/mol. The molecule has 1 aromatic rings. The first-order valence-electron chi connectivity index (χ1n) is 3.18.